The largest absolute Gasteiger partial charge is 0.494 e. The number of ether oxygens (including phenoxy) is 1. The summed E-state index contributed by atoms with van der Waals surface area (Å²) in [4.78, 5) is 22.5. The summed E-state index contributed by atoms with van der Waals surface area (Å²) in [7, 11) is -2.17. The number of methoxy groups -OCH3 is 1. The van der Waals surface area contributed by atoms with Gasteiger partial charge in [0, 0.05) is 6.26 Å². The van der Waals surface area contributed by atoms with E-state index >= 15 is 0 Å². The Morgan fingerprint density at radius 1 is 1.03 bits per heavy atom. The quantitative estimate of drug-likeness (QED) is 0.446. The molecule has 3 heterocycles. The molecule has 0 spiro atoms. The van der Waals surface area contributed by atoms with Crippen LogP contribution in [-0.4, -0.2) is 41.4 Å². The van der Waals surface area contributed by atoms with Gasteiger partial charge in [0.15, 0.2) is 31.6 Å². The van der Waals surface area contributed by atoms with E-state index in [2.05, 4.69) is 15.1 Å². The SMILES string of the molecule is COc1cccc2oc(-c3c(C)nc4c(-c5ccccc5)c(S(C)(=O)=O)[nH]n4c3=O)nc12. The number of sulfone groups is 1. The molecule has 3 aromatic heterocycles. The molecule has 0 atom stereocenters. The highest BCUT2D eigenvalue weighted by Gasteiger charge is 2.26. The average molecular weight is 450 g/mol. The van der Waals surface area contributed by atoms with Crippen molar-refractivity contribution in [1.29, 1.82) is 0 Å². The molecule has 162 valence electrons. The molecule has 2 aromatic carbocycles. The molecule has 5 aromatic rings. The molecule has 0 amide bonds. The van der Waals surface area contributed by atoms with E-state index in [-0.39, 0.29) is 22.1 Å². The minimum atomic E-state index is -3.69. The van der Waals surface area contributed by atoms with Crippen LogP contribution >= 0.6 is 0 Å². The molecule has 10 heteroatoms. The molecule has 0 aliphatic rings. The fourth-order valence-corrected chi connectivity index (χ4v) is 4.57. The van der Waals surface area contributed by atoms with Crippen molar-refractivity contribution in [3.05, 3.63) is 64.6 Å². The van der Waals surface area contributed by atoms with Crippen molar-refractivity contribution in [2.24, 2.45) is 0 Å². The molecule has 0 radical (unpaired) electrons. The van der Waals surface area contributed by atoms with E-state index in [1.54, 1.807) is 49.4 Å². The first-order valence-electron chi connectivity index (χ1n) is 9.64. The van der Waals surface area contributed by atoms with Crippen LogP contribution in [0.3, 0.4) is 0 Å². The summed E-state index contributed by atoms with van der Waals surface area (Å²) in [6.07, 6.45) is 1.08. The Hall–Kier alpha value is -3.92. The molecule has 0 fully saturated rings. The summed E-state index contributed by atoms with van der Waals surface area (Å²) in [5.74, 6) is 0.584. The van der Waals surface area contributed by atoms with Gasteiger partial charge in [-0.25, -0.2) is 18.4 Å². The van der Waals surface area contributed by atoms with E-state index in [1.165, 1.54) is 7.11 Å². The molecule has 0 saturated carbocycles. The monoisotopic (exact) mass is 450 g/mol. The molecule has 32 heavy (non-hydrogen) atoms. The van der Waals surface area contributed by atoms with Gasteiger partial charge in [-0.15, -0.1) is 0 Å². The molecule has 0 unspecified atom stereocenters. The molecular formula is C22H18N4O5S. The lowest BCUT2D eigenvalue weighted by atomic mass is 10.1. The number of oxazole rings is 1. The van der Waals surface area contributed by atoms with Crippen molar-refractivity contribution < 1.29 is 17.6 Å². The highest BCUT2D eigenvalue weighted by molar-refractivity contribution is 7.90. The number of hydrogen-bond donors (Lipinski definition) is 1. The van der Waals surface area contributed by atoms with Crippen LogP contribution in [0, 0.1) is 6.92 Å². The van der Waals surface area contributed by atoms with Crippen molar-refractivity contribution in [2.45, 2.75) is 11.9 Å². The van der Waals surface area contributed by atoms with E-state index in [0.717, 1.165) is 10.8 Å². The van der Waals surface area contributed by atoms with Crippen LogP contribution in [0.4, 0.5) is 0 Å². The number of aromatic amines is 1. The first-order chi connectivity index (χ1) is 15.3. The third-order valence-electron chi connectivity index (χ3n) is 5.18. The number of para-hydroxylation sites is 1. The van der Waals surface area contributed by atoms with Crippen LogP contribution in [0.1, 0.15) is 5.69 Å². The Morgan fingerprint density at radius 2 is 1.78 bits per heavy atom. The number of benzene rings is 2. The highest BCUT2D eigenvalue weighted by Crippen LogP contribution is 2.33. The first-order valence-corrected chi connectivity index (χ1v) is 11.5. The lowest BCUT2D eigenvalue weighted by Gasteiger charge is -2.04. The molecule has 0 aliphatic carbocycles. The second kappa shape index (κ2) is 7.06. The van der Waals surface area contributed by atoms with E-state index in [9.17, 15) is 13.2 Å². The zero-order valence-corrected chi connectivity index (χ0v) is 18.2. The molecule has 5 rings (SSSR count). The normalized spacial score (nSPS) is 12.0. The number of rotatable bonds is 4. The summed E-state index contributed by atoms with van der Waals surface area (Å²) < 4.78 is 37.3. The van der Waals surface area contributed by atoms with Gasteiger partial charge < -0.3 is 9.15 Å². The van der Waals surface area contributed by atoms with Crippen LogP contribution in [0.25, 0.3) is 39.3 Å². The van der Waals surface area contributed by atoms with E-state index in [4.69, 9.17) is 9.15 Å². The lowest BCUT2D eigenvalue weighted by molar-refractivity contribution is 0.419. The molecular weight excluding hydrogens is 432 g/mol. The first kappa shape index (κ1) is 20.0. The zero-order valence-electron chi connectivity index (χ0n) is 17.4. The summed E-state index contributed by atoms with van der Waals surface area (Å²) in [5.41, 5.74) is 2.05. The Labute approximate surface area is 182 Å². The minimum Gasteiger partial charge on any atom is -0.494 e. The number of nitrogens with one attached hydrogen (secondary N) is 1. The van der Waals surface area contributed by atoms with Gasteiger partial charge in [0.1, 0.15) is 11.3 Å². The van der Waals surface area contributed by atoms with Crippen molar-refractivity contribution in [3.63, 3.8) is 0 Å². The minimum absolute atomic E-state index is 0.0747. The maximum absolute atomic E-state index is 13.5. The van der Waals surface area contributed by atoms with Crippen LogP contribution in [0.2, 0.25) is 0 Å². The average Bonchev–Trinajstić information content (AvgIpc) is 3.36. The summed E-state index contributed by atoms with van der Waals surface area (Å²) in [6.45, 7) is 1.66. The van der Waals surface area contributed by atoms with Gasteiger partial charge in [-0.3, -0.25) is 9.89 Å². The summed E-state index contributed by atoms with van der Waals surface area (Å²) >= 11 is 0. The van der Waals surface area contributed by atoms with Crippen LogP contribution in [0.5, 0.6) is 5.75 Å². The van der Waals surface area contributed by atoms with Crippen molar-refractivity contribution in [2.75, 3.05) is 13.4 Å². The molecule has 0 saturated heterocycles. The predicted octanol–water partition coefficient (Wildman–Crippen LogP) is 3.22. The Bertz CT molecular complexity index is 1660. The number of fused-ring (bicyclic) bond motifs is 2. The fourth-order valence-electron chi connectivity index (χ4n) is 3.73. The number of nitrogens with zero attached hydrogens (tertiary/aromatic N) is 3. The second-order valence-corrected chi connectivity index (χ2v) is 9.27. The van der Waals surface area contributed by atoms with Gasteiger partial charge in [-0.2, -0.15) is 4.52 Å². The van der Waals surface area contributed by atoms with Crippen molar-refractivity contribution >= 4 is 26.6 Å². The van der Waals surface area contributed by atoms with Gasteiger partial charge in [0.25, 0.3) is 5.56 Å². The van der Waals surface area contributed by atoms with Gasteiger partial charge in [0.2, 0.25) is 5.89 Å². The van der Waals surface area contributed by atoms with E-state index < -0.39 is 15.4 Å². The van der Waals surface area contributed by atoms with E-state index in [1.807, 2.05) is 6.07 Å². The van der Waals surface area contributed by atoms with Gasteiger partial charge in [-0.05, 0) is 24.6 Å². The van der Waals surface area contributed by atoms with Crippen LogP contribution in [0.15, 0.2) is 62.8 Å². The third-order valence-corrected chi connectivity index (χ3v) is 6.21. The third kappa shape index (κ3) is 2.99. The maximum Gasteiger partial charge on any atom is 0.285 e. The van der Waals surface area contributed by atoms with Crippen LogP contribution in [-0.2, 0) is 9.84 Å². The van der Waals surface area contributed by atoms with Gasteiger partial charge in [0.05, 0.1) is 18.4 Å². The summed E-state index contributed by atoms with van der Waals surface area (Å²) in [5, 5.41) is 2.63. The van der Waals surface area contributed by atoms with E-state index in [0.29, 0.717) is 33.7 Å². The molecule has 0 bridgehead atoms. The Morgan fingerprint density at radius 3 is 2.47 bits per heavy atom. The molecule has 9 nitrogen and oxygen atoms in total. The number of aromatic nitrogens is 4. The van der Waals surface area contributed by atoms with Crippen molar-refractivity contribution in [3.8, 4) is 28.3 Å². The number of H-pyrrole nitrogens is 1. The topological polar surface area (TPSA) is 120 Å². The Balaban J connectivity index is 1.84. The standard InChI is InChI=1S/C22H18N4O5S/c1-12-16(20-24-18-14(30-2)10-7-11-15(18)31-20)22(27)26-19(23-12)17(13-8-5-4-6-9-13)21(25-26)32(3,28)29/h4-11,25H,1-3H3. The zero-order chi connectivity index (χ0) is 22.6. The predicted molar refractivity (Wildman–Crippen MR) is 119 cm³/mol. The fraction of sp³-hybridized carbons (Fsp3) is 0.136. The maximum atomic E-state index is 13.5. The smallest absolute Gasteiger partial charge is 0.285 e. The van der Waals surface area contributed by atoms with Gasteiger partial charge >= 0.3 is 0 Å². The molecule has 0 aliphatic heterocycles. The van der Waals surface area contributed by atoms with Crippen molar-refractivity contribution in [1.82, 2.24) is 19.6 Å². The second-order valence-electron chi connectivity index (χ2n) is 7.32. The Kier molecular flexibility index (Phi) is 4.41. The lowest BCUT2D eigenvalue weighted by Crippen LogP contribution is -2.19. The van der Waals surface area contributed by atoms with Gasteiger partial charge in [-0.1, -0.05) is 36.4 Å². The molecule has 1 N–H and O–H groups in total. The highest BCUT2D eigenvalue weighted by atomic mass is 32.2. The summed E-state index contributed by atoms with van der Waals surface area (Å²) in [6, 6.07) is 14.1. The number of aryl methyl sites for hydroxylation is 1. The van der Waals surface area contributed by atoms with Crippen LogP contribution < -0.4 is 10.3 Å². The number of hydrogen-bond acceptors (Lipinski definition) is 7.